The Morgan fingerprint density at radius 3 is 1.75 bits per heavy atom. The molecule has 5 nitrogen and oxygen atoms in total. The van der Waals surface area contributed by atoms with Crippen molar-refractivity contribution >= 4 is 0 Å². The first-order chi connectivity index (χ1) is 7.59. The van der Waals surface area contributed by atoms with Crippen molar-refractivity contribution in [2.75, 3.05) is 6.54 Å². The van der Waals surface area contributed by atoms with Gasteiger partial charge in [-0.3, -0.25) is 4.90 Å². The van der Waals surface area contributed by atoms with E-state index in [1.807, 2.05) is 4.90 Å². The summed E-state index contributed by atoms with van der Waals surface area (Å²) in [6, 6.07) is -0.351. The van der Waals surface area contributed by atoms with E-state index < -0.39 is 24.4 Å². The van der Waals surface area contributed by atoms with E-state index in [1.54, 1.807) is 0 Å². The predicted molar refractivity (Wildman–Crippen MR) is 57.8 cm³/mol. The Morgan fingerprint density at radius 1 is 0.812 bits per heavy atom. The molecule has 2 aliphatic rings. The topological polar surface area (TPSA) is 83.9 Å². The van der Waals surface area contributed by atoms with Crippen LogP contribution in [0.5, 0.6) is 0 Å². The highest BCUT2D eigenvalue weighted by atomic mass is 16.4. The lowest BCUT2D eigenvalue weighted by Gasteiger charge is -2.30. The maximum atomic E-state index is 9.74. The number of hydrogen-bond donors (Lipinski definition) is 4. The average molecular weight is 231 g/mol. The lowest BCUT2D eigenvalue weighted by atomic mass is 9.90. The Balaban J connectivity index is 1.91. The van der Waals surface area contributed by atoms with E-state index in [1.165, 1.54) is 0 Å². The molecular weight excluding hydrogens is 210 g/mol. The first-order valence-electron chi connectivity index (χ1n) is 6.07. The van der Waals surface area contributed by atoms with Crippen molar-refractivity contribution in [1.82, 2.24) is 4.90 Å². The molecule has 2 rings (SSSR count). The molecule has 1 saturated heterocycles. The highest BCUT2D eigenvalue weighted by Crippen LogP contribution is 2.41. The van der Waals surface area contributed by atoms with Gasteiger partial charge in [-0.15, -0.1) is 0 Å². The first-order valence-corrected chi connectivity index (χ1v) is 6.07. The molecule has 0 spiro atoms. The van der Waals surface area contributed by atoms with E-state index in [0.29, 0.717) is 0 Å². The molecule has 1 heterocycles. The molecule has 0 aromatic carbocycles. The summed E-state index contributed by atoms with van der Waals surface area (Å²) in [6.07, 6.45) is -1.07. The summed E-state index contributed by atoms with van der Waals surface area (Å²) >= 11 is 0. The van der Waals surface area contributed by atoms with Crippen LogP contribution in [0.4, 0.5) is 0 Å². The normalized spacial score (nSPS) is 51.2. The largest absolute Gasteiger partial charge is 0.389 e. The zero-order valence-electron chi connectivity index (χ0n) is 9.53. The Morgan fingerprint density at radius 2 is 1.31 bits per heavy atom. The molecule has 16 heavy (non-hydrogen) atoms. The van der Waals surface area contributed by atoms with Crippen LogP contribution in [0, 0.1) is 0 Å². The maximum absolute atomic E-state index is 9.74. The molecule has 0 amide bonds. The second-order valence-electron chi connectivity index (χ2n) is 4.89. The van der Waals surface area contributed by atoms with Crippen molar-refractivity contribution in [3.05, 3.63) is 0 Å². The zero-order valence-corrected chi connectivity index (χ0v) is 9.53. The van der Waals surface area contributed by atoms with Gasteiger partial charge in [0, 0.05) is 0 Å². The molecule has 0 bridgehead atoms. The molecule has 0 radical (unpaired) electrons. The number of aliphatic hydroxyl groups is 4. The van der Waals surface area contributed by atoms with Crippen molar-refractivity contribution in [3.8, 4) is 0 Å². The van der Waals surface area contributed by atoms with Crippen molar-refractivity contribution in [1.29, 1.82) is 0 Å². The summed E-state index contributed by atoms with van der Waals surface area (Å²) in [5.74, 6) is 0. The molecule has 0 aromatic rings. The summed E-state index contributed by atoms with van der Waals surface area (Å²) < 4.78 is 0. The molecule has 1 saturated carbocycles. The predicted octanol–water partition coefficient (Wildman–Crippen LogP) is -1.31. The lowest BCUT2D eigenvalue weighted by molar-refractivity contribution is -0.121. The van der Waals surface area contributed by atoms with Crippen LogP contribution in [-0.4, -0.2) is 68.4 Å². The van der Waals surface area contributed by atoms with Gasteiger partial charge >= 0.3 is 0 Å². The zero-order chi connectivity index (χ0) is 11.9. The minimum absolute atomic E-state index is 0.176. The third-order valence-corrected chi connectivity index (χ3v) is 3.80. The highest BCUT2D eigenvalue weighted by molar-refractivity contribution is 5.17. The van der Waals surface area contributed by atoms with Gasteiger partial charge in [-0.25, -0.2) is 0 Å². The molecular formula is C11H21NO4. The summed E-state index contributed by atoms with van der Waals surface area (Å²) in [6.45, 7) is 2.93. The summed E-state index contributed by atoms with van der Waals surface area (Å²) in [7, 11) is 0. The van der Waals surface area contributed by atoms with E-state index in [-0.39, 0.29) is 12.1 Å². The van der Waals surface area contributed by atoms with Crippen LogP contribution >= 0.6 is 0 Å². The highest BCUT2D eigenvalue weighted by Gasteiger charge is 2.63. The second kappa shape index (κ2) is 4.58. The van der Waals surface area contributed by atoms with E-state index in [9.17, 15) is 20.4 Å². The van der Waals surface area contributed by atoms with E-state index in [4.69, 9.17) is 0 Å². The number of unbranched alkanes of at least 4 members (excludes halogenated alkanes) is 2. The SMILES string of the molecule is CCCCCN1C2C1[C@H](O)[C@@H](O)[C@H](O)[C@H]2O. The van der Waals surface area contributed by atoms with Crippen LogP contribution < -0.4 is 0 Å². The van der Waals surface area contributed by atoms with Gasteiger partial charge < -0.3 is 20.4 Å². The van der Waals surface area contributed by atoms with Crippen molar-refractivity contribution in [3.63, 3.8) is 0 Å². The number of rotatable bonds is 4. The third-order valence-electron chi connectivity index (χ3n) is 3.80. The Labute approximate surface area is 95.3 Å². The monoisotopic (exact) mass is 231 g/mol. The molecule has 5 heteroatoms. The average Bonchev–Trinajstić information content (AvgIpc) is 2.98. The minimum atomic E-state index is -1.23. The quantitative estimate of drug-likeness (QED) is 0.356. The van der Waals surface area contributed by atoms with Crippen LogP contribution in [0.15, 0.2) is 0 Å². The Bertz CT molecular complexity index is 230. The van der Waals surface area contributed by atoms with Crippen LogP contribution in [0.3, 0.4) is 0 Å². The number of hydrogen-bond acceptors (Lipinski definition) is 5. The molecule has 2 unspecified atom stereocenters. The Hall–Kier alpha value is -0.200. The molecule has 4 N–H and O–H groups in total. The standard InChI is InChI=1S/C11H21NO4/c1-2-3-4-5-12-6-7(12)9(14)11(16)10(15)8(6)13/h6-11,13-16H,2-5H2,1H3/t6?,7?,8-,9-,10+,11+,12?/m0/s1. The third kappa shape index (κ3) is 1.87. The molecule has 94 valence electrons. The van der Waals surface area contributed by atoms with Gasteiger partial charge in [0.2, 0.25) is 0 Å². The number of likely N-dealkylation sites (tertiary alicyclic amines) is 1. The van der Waals surface area contributed by atoms with Gasteiger partial charge in [-0.1, -0.05) is 19.8 Å². The summed E-state index contributed by atoms with van der Waals surface area (Å²) in [5.41, 5.74) is 0. The van der Waals surface area contributed by atoms with Crippen molar-refractivity contribution < 1.29 is 20.4 Å². The second-order valence-corrected chi connectivity index (χ2v) is 4.89. The van der Waals surface area contributed by atoms with Crippen molar-refractivity contribution in [2.45, 2.75) is 62.7 Å². The summed E-state index contributed by atoms with van der Waals surface area (Å²) in [5, 5.41) is 38.5. The minimum Gasteiger partial charge on any atom is -0.389 e. The van der Waals surface area contributed by atoms with Gasteiger partial charge in [-0.05, 0) is 13.0 Å². The fraction of sp³-hybridized carbons (Fsp3) is 1.00. The number of aliphatic hydroxyl groups excluding tert-OH is 4. The van der Waals surface area contributed by atoms with Crippen LogP contribution in [0.25, 0.3) is 0 Å². The molecule has 2 fully saturated rings. The Kier molecular flexibility index (Phi) is 3.51. The smallest absolute Gasteiger partial charge is 0.110 e. The van der Waals surface area contributed by atoms with Crippen LogP contribution in [-0.2, 0) is 0 Å². The maximum Gasteiger partial charge on any atom is 0.110 e. The number of nitrogens with zero attached hydrogens (tertiary/aromatic N) is 1. The molecule has 6 atom stereocenters. The van der Waals surface area contributed by atoms with Gasteiger partial charge in [0.25, 0.3) is 0 Å². The van der Waals surface area contributed by atoms with Gasteiger partial charge in [-0.2, -0.15) is 0 Å². The van der Waals surface area contributed by atoms with E-state index in [0.717, 1.165) is 25.8 Å². The van der Waals surface area contributed by atoms with Crippen LogP contribution in [0.1, 0.15) is 26.2 Å². The molecule has 1 aliphatic heterocycles. The fourth-order valence-electron chi connectivity index (χ4n) is 2.76. The van der Waals surface area contributed by atoms with Gasteiger partial charge in [0.15, 0.2) is 0 Å². The molecule has 1 aliphatic carbocycles. The van der Waals surface area contributed by atoms with E-state index >= 15 is 0 Å². The van der Waals surface area contributed by atoms with Crippen LogP contribution in [0.2, 0.25) is 0 Å². The fourth-order valence-corrected chi connectivity index (χ4v) is 2.76. The molecule has 0 aromatic heterocycles. The first kappa shape index (κ1) is 12.3. The van der Waals surface area contributed by atoms with Gasteiger partial charge in [0.05, 0.1) is 24.3 Å². The summed E-state index contributed by atoms with van der Waals surface area (Å²) in [4.78, 5) is 1.98. The van der Waals surface area contributed by atoms with Gasteiger partial charge in [0.1, 0.15) is 12.2 Å². The lowest BCUT2D eigenvalue weighted by Crippen LogP contribution is -2.53. The number of fused-ring (bicyclic) bond motifs is 1. The van der Waals surface area contributed by atoms with E-state index in [2.05, 4.69) is 6.92 Å². The van der Waals surface area contributed by atoms with Crippen molar-refractivity contribution in [2.24, 2.45) is 0 Å².